The third-order valence-corrected chi connectivity index (χ3v) is 4.26. The summed E-state index contributed by atoms with van der Waals surface area (Å²) in [5, 5.41) is 0. The summed E-state index contributed by atoms with van der Waals surface area (Å²) in [6.07, 6.45) is 0.664. The zero-order valence-electron chi connectivity index (χ0n) is 11.1. The molecule has 0 aliphatic heterocycles. The molecular formula is C13H26O. The lowest BCUT2D eigenvalue weighted by molar-refractivity contribution is -0.122. The predicted octanol–water partition coefficient (Wildman–Crippen LogP) is 4.06. The van der Waals surface area contributed by atoms with Crippen LogP contribution in [0.3, 0.4) is 0 Å². The van der Waals surface area contributed by atoms with Gasteiger partial charge in [-0.2, -0.15) is 0 Å². The highest BCUT2D eigenvalue weighted by atomic mass is 16.1. The number of Topliss-reactive ketones (excluding diaryl/α,β-unsaturated/α-hetero) is 1. The van der Waals surface area contributed by atoms with E-state index in [9.17, 15) is 4.79 Å². The van der Waals surface area contributed by atoms with E-state index in [0.717, 1.165) is 0 Å². The Morgan fingerprint density at radius 2 is 1.29 bits per heavy atom. The molecule has 0 heterocycles. The van der Waals surface area contributed by atoms with Gasteiger partial charge >= 0.3 is 0 Å². The molecule has 0 unspecified atom stereocenters. The smallest absolute Gasteiger partial charge is 0.130 e. The second-order valence-corrected chi connectivity index (χ2v) is 6.64. The first kappa shape index (κ1) is 13.7. The lowest BCUT2D eigenvalue weighted by Crippen LogP contribution is -2.43. The van der Waals surface area contributed by atoms with Gasteiger partial charge in [0.15, 0.2) is 0 Å². The van der Waals surface area contributed by atoms with Gasteiger partial charge in [0.25, 0.3) is 0 Å². The van der Waals surface area contributed by atoms with E-state index in [1.54, 1.807) is 6.92 Å². The Bertz CT molecular complexity index is 216. The van der Waals surface area contributed by atoms with E-state index in [-0.39, 0.29) is 22.0 Å². The molecule has 0 aromatic heterocycles. The fourth-order valence-corrected chi connectivity index (χ4v) is 1.86. The van der Waals surface area contributed by atoms with E-state index in [4.69, 9.17) is 0 Å². The predicted molar refractivity (Wildman–Crippen MR) is 62.3 cm³/mol. The molecule has 0 aliphatic carbocycles. The minimum absolute atomic E-state index is 0.0527. The van der Waals surface area contributed by atoms with Crippen LogP contribution in [0.5, 0.6) is 0 Å². The molecule has 0 rings (SSSR count). The molecule has 0 saturated heterocycles. The summed E-state index contributed by atoms with van der Waals surface area (Å²) in [5.41, 5.74) is 0.411. The molecule has 1 nitrogen and oxygen atoms in total. The van der Waals surface area contributed by atoms with Gasteiger partial charge in [0.1, 0.15) is 5.78 Å². The van der Waals surface area contributed by atoms with Crippen LogP contribution in [0.1, 0.15) is 61.8 Å². The van der Waals surface area contributed by atoms with Gasteiger partial charge in [-0.1, -0.05) is 48.5 Å². The molecule has 0 spiro atoms. The quantitative estimate of drug-likeness (QED) is 0.668. The SMILES string of the molecule is CC(=O)CC(C)(C)C(C)(C)C(C)(C)C. The highest BCUT2D eigenvalue weighted by molar-refractivity contribution is 5.76. The molecule has 0 aromatic carbocycles. The second kappa shape index (κ2) is 3.67. The Morgan fingerprint density at radius 1 is 0.929 bits per heavy atom. The highest BCUT2D eigenvalue weighted by Gasteiger charge is 2.45. The molecule has 84 valence electrons. The van der Waals surface area contributed by atoms with Crippen LogP contribution in [0, 0.1) is 16.2 Å². The van der Waals surface area contributed by atoms with E-state index in [1.165, 1.54) is 0 Å². The van der Waals surface area contributed by atoms with Crippen molar-refractivity contribution in [2.75, 3.05) is 0 Å². The van der Waals surface area contributed by atoms with E-state index < -0.39 is 0 Å². The number of rotatable bonds is 3. The Morgan fingerprint density at radius 3 is 1.50 bits per heavy atom. The molecule has 0 atom stereocenters. The van der Waals surface area contributed by atoms with Crippen molar-refractivity contribution < 1.29 is 4.79 Å². The average Bonchev–Trinajstić information content (AvgIpc) is 1.80. The summed E-state index contributed by atoms with van der Waals surface area (Å²) >= 11 is 0. The molecule has 14 heavy (non-hydrogen) atoms. The number of carbonyl (C=O) groups excluding carboxylic acids is 1. The summed E-state index contributed by atoms with van der Waals surface area (Å²) in [6.45, 7) is 17.3. The van der Waals surface area contributed by atoms with Crippen molar-refractivity contribution in [1.82, 2.24) is 0 Å². The number of hydrogen-bond acceptors (Lipinski definition) is 1. The Balaban J connectivity index is 4.97. The Hall–Kier alpha value is -0.330. The largest absolute Gasteiger partial charge is 0.300 e. The Kier molecular flexibility index (Phi) is 3.59. The highest BCUT2D eigenvalue weighted by Crippen LogP contribution is 2.52. The van der Waals surface area contributed by atoms with Crippen LogP contribution in [0.2, 0.25) is 0 Å². The van der Waals surface area contributed by atoms with Crippen molar-refractivity contribution in [2.24, 2.45) is 16.2 Å². The normalized spacial score (nSPS) is 14.3. The maximum Gasteiger partial charge on any atom is 0.130 e. The third kappa shape index (κ3) is 2.59. The number of carbonyl (C=O) groups is 1. The summed E-state index contributed by atoms with van der Waals surface area (Å²) in [7, 11) is 0. The van der Waals surface area contributed by atoms with E-state index in [2.05, 4.69) is 48.5 Å². The maximum atomic E-state index is 11.2. The lowest BCUT2D eigenvalue weighted by atomic mass is 9.54. The first-order valence-corrected chi connectivity index (χ1v) is 5.41. The van der Waals surface area contributed by atoms with Crippen molar-refractivity contribution in [3.8, 4) is 0 Å². The van der Waals surface area contributed by atoms with Gasteiger partial charge in [0.05, 0.1) is 0 Å². The van der Waals surface area contributed by atoms with Crippen LogP contribution < -0.4 is 0 Å². The summed E-state index contributed by atoms with van der Waals surface area (Å²) in [5.74, 6) is 0.285. The molecule has 0 fully saturated rings. The van der Waals surface area contributed by atoms with Crippen LogP contribution in [0.15, 0.2) is 0 Å². The van der Waals surface area contributed by atoms with E-state index in [1.807, 2.05) is 0 Å². The molecule has 0 radical (unpaired) electrons. The van der Waals surface area contributed by atoms with Crippen molar-refractivity contribution in [1.29, 1.82) is 0 Å². The van der Waals surface area contributed by atoms with Gasteiger partial charge in [0.2, 0.25) is 0 Å². The van der Waals surface area contributed by atoms with Crippen LogP contribution in [-0.2, 0) is 4.79 Å². The summed E-state index contributed by atoms with van der Waals surface area (Å²) < 4.78 is 0. The van der Waals surface area contributed by atoms with Crippen molar-refractivity contribution in [3.05, 3.63) is 0 Å². The second-order valence-electron chi connectivity index (χ2n) is 6.64. The molecule has 0 aliphatic rings. The Labute approximate surface area is 89.3 Å². The van der Waals surface area contributed by atoms with Crippen molar-refractivity contribution >= 4 is 5.78 Å². The van der Waals surface area contributed by atoms with Gasteiger partial charge in [-0.3, -0.25) is 0 Å². The van der Waals surface area contributed by atoms with E-state index >= 15 is 0 Å². The molecule has 0 aromatic rings. The topological polar surface area (TPSA) is 17.1 Å². The fourth-order valence-electron chi connectivity index (χ4n) is 1.86. The molecule has 0 saturated carbocycles. The summed E-state index contributed by atoms with van der Waals surface area (Å²) in [4.78, 5) is 11.2. The first-order valence-electron chi connectivity index (χ1n) is 5.41. The standard InChI is InChI=1S/C13H26O/c1-10(14)9-12(5,6)13(7,8)11(2,3)4/h9H2,1-8H3. The lowest BCUT2D eigenvalue weighted by Gasteiger charge is -2.50. The van der Waals surface area contributed by atoms with Crippen molar-refractivity contribution in [3.63, 3.8) is 0 Å². The average molecular weight is 198 g/mol. The first-order chi connectivity index (χ1) is 5.92. The van der Waals surface area contributed by atoms with Gasteiger partial charge in [-0.05, 0) is 23.2 Å². The fraction of sp³-hybridized carbons (Fsp3) is 0.923. The van der Waals surface area contributed by atoms with Crippen molar-refractivity contribution in [2.45, 2.75) is 61.8 Å². The van der Waals surface area contributed by atoms with Crippen LogP contribution in [0.25, 0.3) is 0 Å². The number of hydrogen-bond donors (Lipinski definition) is 0. The molecule has 0 bridgehead atoms. The molecule has 0 amide bonds. The van der Waals surface area contributed by atoms with Crippen LogP contribution in [0.4, 0.5) is 0 Å². The molecule has 1 heteroatoms. The summed E-state index contributed by atoms with van der Waals surface area (Å²) in [6, 6.07) is 0. The molecule has 0 N–H and O–H groups in total. The minimum atomic E-state index is 0.0527. The van der Waals surface area contributed by atoms with Gasteiger partial charge in [-0.25, -0.2) is 0 Å². The van der Waals surface area contributed by atoms with Gasteiger partial charge in [0, 0.05) is 6.42 Å². The van der Waals surface area contributed by atoms with Gasteiger partial charge in [-0.15, -0.1) is 0 Å². The third-order valence-electron chi connectivity index (χ3n) is 4.26. The van der Waals surface area contributed by atoms with Crippen LogP contribution >= 0.6 is 0 Å². The van der Waals surface area contributed by atoms with Crippen LogP contribution in [-0.4, -0.2) is 5.78 Å². The number of ketones is 1. The van der Waals surface area contributed by atoms with E-state index in [0.29, 0.717) is 6.42 Å². The minimum Gasteiger partial charge on any atom is -0.300 e. The zero-order chi connectivity index (χ0) is 11.8. The van der Waals surface area contributed by atoms with Gasteiger partial charge < -0.3 is 4.79 Å². The monoisotopic (exact) mass is 198 g/mol. The maximum absolute atomic E-state index is 11.2. The zero-order valence-corrected chi connectivity index (χ0v) is 11.1. The molecular weight excluding hydrogens is 172 g/mol.